The number of hydrogen-bond acceptors (Lipinski definition) is 3. The molecule has 112 valence electrons. The first-order chi connectivity index (χ1) is 10.3. The maximum Gasteiger partial charge on any atom is 0.122 e. The van der Waals surface area contributed by atoms with Crippen molar-refractivity contribution in [3.8, 4) is 0 Å². The predicted octanol–water partition coefficient (Wildman–Crippen LogP) is 2.81. The maximum atomic E-state index is 4.42. The molecule has 1 aliphatic heterocycles. The van der Waals surface area contributed by atoms with Gasteiger partial charge in [-0.05, 0) is 31.2 Å². The van der Waals surface area contributed by atoms with Crippen LogP contribution >= 0.6 is 15.9 Å². The van der Waals surface area contributed by atoms with Crippen LogP contribution in [-0.2, 0) is 13.1 Å². The molecule has 1 unspecified atom stereocenters. The van der Waals surface area contributed by atoms with Gasteiger partial charge in [0.1, 0.15) is 5.82 Å². The molecule has 1 aromatic carbocycles. The summed E-state index contributed by atoms with van der Waals surface area (Å²) in [6.07, 6.45) is 5.08. The van der Waals surface area contributed by atoms with Crippen molar-refractivity contribution >= 4 is 15.9 Å². The second-order valence-electron chi connectivity index (χ2n) is 5.50. The summed E-state index contributed by atoms with van der Waals surface area (Å²) in [7, 11) is 2.04. The van der Waals surface area contributed by atoms with Gasteiger partial charge in [0.05, 0.1) is 6.54 Å². The smallest absolute Gasteiger partial charge is 0.122 e. The second kappa shape index (κ2) is 6.73. The van der Waals surface area contributed by atoms with Crippen molar-refractivity contribution in [1.82, 2.24) is 19.8 Å². The van der Waals surface area contributed by atoms with E-state index in [0.29, 0.717) is 6.04 Å². The minimum atomic E-state index is 0.393. The highest BCUT2D eigenvalue weighted by Crippen LogP contribution is 2.21. The van der Waals surface area contributed by atoms with E-state index < -0.39 is 0 Å². The number of rotatable bonds is 5. The Morgan fingerprint density at radius 2 is 2.29 bits per heavy atom. The number of nitrogens with zero attached hydrogens (tertiary/aromatic N) is 3. The lowest BCUT2D eigenvalue weighted by atomic mass is 10.0. The third kappa shape index (κ3) is 3.54. The molecule has 2 heterocycles. The first-order valence-electron chi connectivity index (χ1n) is 7.41. The van der Waals surface area contributed by atoms with Crippen LogP contribution in [0, 0.1) is 0 Å². The molecule has 1 aliphatic rings. The first-order valence-corrected chi connectivity index (χ1v) is 8.20. The molecule has 1 atom stereocenters. The quantitative estimate of drug-likeness (QED) is 0.901. The van der Waals surface area contributed by atoms with E-state index in [4.69, 9.17) is 0 Å². The highest BCUT2D eigenvalue weighted by Gasteiger charge is 2.18. The standard InChI is InChI=1S/C16H21BrN4/c1-18-15(13-3-2-4-14(17)11-13)5-7-20-9-10-21-8-6-19-16(21)12-20/h2-4,6,8,11,15,18H,5,7,9-10,12H2,1H3. The Bertz CT molecular complexity index is 595. The van der Waals surface area contributed by atoms with Crippen molar-refractivity contribution in [3.05, 3.63) is 52.5 Å². The minimum absolute atomic E-state index is 0.393. The molecule has 0 aliphatic carbocycles. The molecule has 4 nitrogen and oxygen atoms in total. The van der Waals surface area contributed by atoms with Gasteiger partial charge in [-0.3, -0.25) is 4.90 Å². The van der Waals surface area contributed by atoms with E-state index in [9.17, 15) is 0 Å². The highest BCUT2D eigenvalue weighted by molar-refractivity contribution is 9.10. The number of nitrogens with one attached hydrogen (secondary N) is 1. The normalized spacial score (nSPS) is 16.7. The molecule has 0 spiro atoms. The summed E-state index contributed by atoms with van der Waals surface area (Å²) < 4.78 is 3.39. The molecule has 2 aromatic rings. The molecule has 0 saturated heterocycles. The van der Waals surface area contributed by atoms with Crippen LogP contribution in [0.4, 0.5) is 0 Å². The molecule has 1 aromatic heterocycles. The van der Waals surface area contributed by atoms with E-state index in [1.54, 1.807) is 0 Å². The van der Waals surface area contributed by atoms with E-state index in [-0.39, 0.29) is 0 Å². The highest BCUT2D eigenvalue weighted by atomic mass is 79.9. The van der Waals surface area contributed by atoms with E-state index in [1.807, 2.05) is 13.2 Å². The molecule has 0 radical (unpaired) electrons. The average molecular weight is 349 g/mol. The van der Waals surface area contributed by atoms with Crippen molar-refractivity contribution in [3.63, 3.8) is 0 Å². The van der Waals surface area contributed by atoms with Crippen LogP contribution in [-0.4, -0.2) is 34.6 Å². The fourth-order valence-electron chi connectivity index (χ4n) is 2.93. The Labute approximate surface area is 134 Å². The Morgan fingerprint density at radius 3 is 3.10 bits per heavy atom. The summed E-state index contributed by atoms with van der Waals surface area (Å²) >= 11 is 3.55. The van der Waals surface area contributed by atoms with Crippen LogP contribution in [0.2, 0.25) is 0 Å². The number of halogens is 1. The number of hydrogen-bond donors (Lipinski definition) is 1. The third-order valence-electron chi connectivity index (χ3n) is 4.16. The number of benzene rings is 1. The topological polar surface area (TPSA) is 33.1 Å². The van der Waals surface area contributed by atoms with Gasteiger partial charge in [-0.2, -0.15) is 0 Å². The van der Waals surface area contributed by atoms with E-state index in [2.05, 4.69) is 66.2 Å². The summed E-state index contributed by atoms with van der Waals surface area (Å²) in [5.74, 6) is 1.18. The van der Waals surface area contributed by atoms with Gasteiger partial charge in [-0.15, -0.1) is 0 Å². The fraction of sp³-hybridized carbons (Fsp3) is 0.438. The number of fused-ring (bicyclic) bond motifs is 1. The van der Waals surface area contributed by atoms with Crippen molar-refractivity contribution in [2.24, 2.45) is 0 Å². The second-order valence-corrected chi connectivity index (χ2v) is 6.41. The summed E-state index contributed by atoms with van der Waals surface area (Å²) in [5, 5.41) is 3.43. The molecule has 0 amide bonds. The number of imidazole rings is 1. The molecular formula is C16H21BrN4. The van der Waals surface area contributed by atoms with Gasteiger partial charge in [0, 0.05) is 42.5 Å². The van der Waals surface area contributed by atoms with Gasteiger partial charge in [0.15, 0.2) is 0 Å². The lowest BCUT2D eigenvalue weighted by molar-refractivity contribution is 0.207. The Hall–Kier alpha value is -1.17. The third-order valence-corrected chi connectivity index (χ3v) is 4.65. The predicted molar refractivity (Wildman–Crippen MR) is 88.1 cm³/mol. The lowest BCUT2D eigenvalue weighted by Gasteiger charge is -2.29. The van der Waals surface area contributed by atoms with Gasteiger partial charge >= 0.3 is 0 Å². The molecule has 5 heteroatoms. The largest absolute Gasteiger partial charge is 0.333 e. The van der Waals surface area contributed by atoms with E-state index >= 15 is 0 Å². The van der Waals surface area contributed by atoms with Crippen molar-refractivity contribution in [2.75, 3.05) is 20.1 Å². The van der Waals surface area contributed by atoms with Gasteiger partial charge < -0.3 is 9.88 Å². The van der Waals surface area contributed by atoms with Crippen LogP contribution < -0.4 is 5.32 Å². The number of aromatic nitrogens is 2. The zero-order chi connectivity index (χ0) is 14.7. The first kappa shape index (κ1) is 14.8. The Morgan fingerprint density at radius 1 is 1.38 bits per heavy atom. The van der Waals surface area contributed by atoms with Gasteiger partial charge in [0.25, 0.3) is 0 Å². The van der Waals surface area contributed by atoms with E-state index in [0.717, 1.165) is 37.1 Å². The van der Waals surface area contributed by atoms with Crippen LogP contribution in [0.25, 0.3) is 0 Å². The zero-order valence-electron chi connectivity index (χ0n) is 12.3. The molecule has 3 rings (SSSR count). The van der Waals surface area contributed by atoms with Crippen LogP contribution in [0.5, 0.6) is 0 Å². The molecule has 1 N–H and O–H groups in total. The summed E-state index contributed by atoms with van der Waals surface area (Å²) in [6.45, 7) is 4.21. The average Bonchev–Trinajstić information content (AvgIpc) is 2.95. The van der Waals surface area contributed by atoms with Crippen molar-refractivity contribution in [1.29, 1.82) is 0 Å². The van der Waals surface area contributed by atoms with Gasteiger partial charge in [0.2, 0.25) is 0 Å². The molecule has 0 bridgehead atoms. The van der Waals surface area contributed by atoms with Gasteiger partial charge in [-0.25, -0.2) is 4.98 Å². The maximum absolute atomic E-state index is 4.42. The van der Waals surface area contributed by atoms with Crippen molar-refractivity contribution < 1.29 is 0 Å². The molecular weight excluding hydrogens is 328 g/mol. The summed E-state index contributed by atoms with van der Waals surface area (Å²) in [5.41, 5.74) is 1.34. The van der Waals surface area contributed by atoms with Crippen LogP contribution in [0.3, 0.4) is 0 Å². The lowest BCUT2D eigenvalue weighted by Crippen LogP contribution is -2.35. The van der Waals surface area contributed by atoms with Gasteiger partial charge in [-0.1, -0.05) is 28.1 Å². The SMILES string of the molecule is CNC(CCN1CCn2ccnc2C1)c1cccc(Br)c1. The van der Waals surface area contributed by atoms with Crippen molar-refractivity contribution in [2.45, 2.75) is 25.6 Å². The summed E-state index contributed by atoms with van der Waals surface area (Å²) in [6, 6.07) is 8.95. The molecule has 21 heavy (non-hydrogen) atoms. The fourth-order valence-corrected chi connectivity index (χ4v) is 3.34. The Kier molecular flexibility index (Phi) is 4.73. The van der Waals surface area contributed by atoms with E-state index in [1.165, 1.54) is 11.4 Å². The molecule has 0 fully saturated rings. The van der Waals surface area contributed by atoms with Crippen LogP contribution in [0.15, 0.2) is 41.1 Å². The van der Waals surface area contributed by atoms with Crippen LogP contribution in [0.1, 0.15) is 23.9 Å². The zero-order valence-corrected chi connectivity index (χ0v) is 13.9. The monoisotopic (exact) mass is 348 g/mol. The summed E-state index contributed by atoms with van der Waals surface area (Å²) in [4.78, 5) is 6.91. The molecule has 0 saturated carbocycles. The minimum Gasteiger partial charge on any atom is -0.333 e. The Balaban J connectivity index is 1.59.